The molecule has 124 valence electrons. The van der Waals surface area contributed by atoms with Gasteiger partial charge in [-0.25, -0.2) is 8.42 Å². The number of benzene rings is 1. The van der Waals surface area contributed by atoms with Crippen LogP contribution < -0.4 is 4.72 Å². The minimum atomic E-state index is -3.48. The number of hydrogen-bond donors (Lipinski definition) is 1. The van der Waals surface area contributed by atoms with E-state index in [1.807, 2.05) is 12.1 Å². The minimum Gasteiger partial charge on any atom is -0.282 e. The predicted molar refractivity (Wildman–Crippen MR) is 95.5 cm³/mol. The van der Waals surface area contributed by atoms with E-state index in [1.54, 1.807) is 30.5 Å². The molecule has 2 rings (SSSR count). The van der Waals surface area contributed by atoms with Gasteiger partial charge in [0.1, 0.15) is 0 Å². The Morgan fingerprint density at radius 2 is 1.91 bits per heavy atom. The standard InChI is InChI=1S/C17H21ClN2O2S/c1-17(2,3)13-7-8-16(15(18)12-13)20-23(21,22)11-9-14-6-4-5-10-19-14/h4-8,10,12,20H,9,11H2,1-3H3. The maximum absolute atomic E-state index is 12.2. The number of hydrogen-bond acceptors (Lipinski definition) is 3. The molecule has 6 heteroatoms. The smallest absolute Gasteiger partial charge is 0.233 e. The lowest BCUT2D eigenvalue weighted by Gasteiger charge is -2.20. The van der Waals surface area contributed by atoms with Crippen molar-refractivity contribution in [3.8, 4) is 0 Å². The van der Waals surface area contributed by atoms with E-state index in [0.29, 0.717) is 17.1 Å². The molecule has 0 saturated heterocycles. The van der Waals surface area contributed by atoms with Crippen molar-refractivity contribution in [2.45, 2.75) is 32.6 Å². The van der Waals surface area contributed by atoms with Gasteiger partial charge in [-0.05, 0) is 35.2 Å². The van der Waals surface area contributed by atoms with Gasteiger partial charge < -0.3 is 0 Å². The average Bonchev–Trinajstić information content (AvgIpc) is 2.47. The topological polar surface area (TPSA) is 59.1 Å². The van der Waals surface area contributed by atoms with E-state index in [9.17, 15) is 8.42 Å². The average molecular weight is 353 g/mol. The first-order valence-electron chi connectivity index (χ1n) is 7.38. The predicted octanol–water partition coefficient (Wildman–Crippen LogP) is 4.02. The Morgan fingerprint density at radius 3 is 2.48 bits per heavy atom. The Morgan fingerprint density at radius 1 is 1.17 bits per heavy atom. The van der Waals surface area contributed by atoms with Gasteiger partial charge in [0.15, 0.2) is 0 Å². The summed E-state index contributed by atoms with van der Waals surface area (Å²) in [7, 11) is -3.48. The summed E-state index contributed by atoms with van der Waals surface area (Å²) < 4.78 is 27.0. The van der Waals surface area contributed by atoms with Crippen molar-refractivity contribution in [3.05, 3.63) is 58.9 Å². The zero-order chi connectivity index (χ0) is 17.1. The third-order valence-electron chi connectivity index (χ3n) is 3.45. The van der Waals surface area contributed by atoms with Crippen LogP contribution in [0.15, 0.2) is 42.6 Å². The zero-order valence-electron chi connectivity index (χ0n) is 13.5. The molecule has 0 saturated carbocycles. The molecular weight excluding hydrogens is 332 g/mol. The first-order chi connectivity index (χ1) is 10.7. The number of rotatable bonds is 5. The van der Waals surface area contributed by atoms with Gasteiger partial charge in [-0.15, -0.1) is 0 Å². The number of nitrogens with one attached hydrogen (secondary N) is 1. The lowest BCUT2D eigenvalue weighted by atomic mass is 9.87. The number of halogens is 1. The summed E-state index contributed by atoms with van der Waals surface area (Å²) in [6.07, 6.45) is 2.01. The zero-order valence-corrected chi connectivity index (χ0v) is 15.1. The van der Waals surface area contributed by atoms with E-state index in [4.69, 9.17) is 11.6 Å². The molecule has 1 aromatic carbocycles. The normalized spacial score (nSPS) is 12.2. The summed E-state index contributed by atoms with van der Waals surface area (Å²) in [5.41, 5.74) is 2.16. The van der Waals surface area contributed by atoms with E-state index in [-0.39, 0.29) is 11.2 Å². The second-order valence-corrected chi connectivity index (χ2v) is 8.69. The van der Waals surface area contributed by atoms with Crippen molar-refractivity contribution in [3.63, 3.8) is 0 Å². The fourth-order valence-corrected chi connectivity index (χ4v) is 3.44. The summed E-state index contributed by atoms with van der Waals surface area (Å²) in [6, 6.07) is 10.8. The molecule has 0 atom stereocenters. The molecule has 0 spiro atoms. The highest BCUT2D eigenvalue weighted by Gasteiger charge is 2.17. The van der Waals surface area contributed by atoms with Crippen LogP contribution >= 0.6 is 11.6 Å². The van der Waals surface area contributed by atoms with Crippen LogP contribution in [0.25, 0.3) is 0 Å². The number of pyridine rings is 1. The third kappa shape index (κ3) is 5.22. The molecular formula is C17H21ClN2O2S. The molecule has 0 bridgehead atoms. The van der Waals surface area contributed by atoms with Gasteiger partial charge in [0.05, 0.1) is 16.5 Å². The van der Waals surface area contributed by atoms with Gasteiger partial charge in [-0.1, -0.05) is 44.5 Å². The second-order valence-electron chi connectivity index (χ2n) is 6.44. The number of aromatic nitrogens is 1. The van der Waals surface area contributed by atoms with E-state index in [1.165, 1.54) is 0 Å². The second kappa shape index (κ2) is 6.89. The number of nitrogens with zero attached hydrogens (tertiary/aromatic N) is 1. The van der Waals surface area contributed by atoms with E-state index >= 15 is 0 Å². The highest BCUT2D eigenvalue weighted by molar-refractivity contribution is 7.92. The Balaban J connectivity index is 2.08. The summed E-state index contributed by atoms with van der Waals surface area (Å²) >= 11 is 6.22. The van der Waals surface area contributed by atoms with Crippen molar-refractivity contribution in [2.24, 2.45) is 0 Å². The molecule has 1 aromatic heterocycles. The summed E-state index contributed by atoms with van der Waals surface area (Å²) in [6.45, 7) is 6.24. The summed E-state index contributed by atoms with van der Waals surface area (Å²) in [5.74, 6) is -0.0403. The Kier molecular flexibility index (Phi) is 5.32. The Bertz CT molecular complexity index is 769. The largest absolute Gasteiger partial charge is 0.282 e. The van der Waals surface area contributed by atoms with Crippen LogP contribution in [0.5, 0.6) is 0 Å². The van der Waals surface area contributed by atoms with Gasteiger partial charge in [0, 0.05) is 18.3 Å². The highest BCUT2D eigenvalue weighted by atomic mass is 35.5. The fraction of sp³-hybridized carbons (Fsp3) is 0.353. The Hall–Kier alpha value is -1.59. The third-order valence-corrected chi connectivity index (χ3v) is 5.04. The van der Waals surface area contributed by atoms with Gasteiger partial charge in [0.2, 0.25) is 10.0 Å². The molecule has 1 heterocycles. The van der Waals surface area contributed by atoms with Crippen molar-refractivity contribution >= 4 is 27.3 Å². The van der Waals surface area contributed by atoms with Gasteiger partial charge >= 0.3 is 0 Å². The maximum atomic E-state index is 12.2. The van der Waals surface area contributed by atoms with Crippen LogP contribution in [0.2, 0.25) is 5.02 Å². The van der Waals surface area contributed by atoms with Crippen molar-refractivity contribution < 1.29 is 8.42 Å². The van der Waals surface area contributed by atoms with Crippen LogP contribution in [-0.2, 0) is 21.9 Å². The quantitative estimate of drug-likeness (QED) is 0.884. The van der Waals surface area contributed by atoms with Crippen molar-refractivity contribution in [1.82, 2.24) is 4.98 Å². The molecule has 1 N–H and O–H groups in total. The van der Waals surface area contributed by atoms with Crippen LogP contribution in [0.3, 0.4) is 0 Å². The summed E-state index contributed by atoms with van der Waals surface area (Å²) in [5, 5.41) is 0.402. The van der Waals surface area contributed by atoms with Crippen LogP contribution in [0.1, 0.15) is 32.0 Å². The fourth-order valence-electron chi connectivity index (χ4n) is 2.07. The molecule has 4 nitrogen and oxygen atoms in total. The van der Waals surface area contributed by atoms with E-state index < -0.39 is 10.0 Å². The molecule has 0 aliphatic carbocycles. The highest BCUT2D eigenvalue weighted by Crippen LogP contribution is 2.30. The Labute approximate surface area is 143 Å². The first-order valence-corrected chi connectivity index (χ1v) is 9.41. The molecule has 0 aliphatic rings. The molecule has 0 aliphatic heterocycles. The molecule has 0 fully saturated rings. The van der Waals surface area contributed by atoms with Crippen LogP contribution in [-0.4, -0.2) is 19.2 Å². The van der Waals surface area contributed by atoms with Crippen molar-refractivity contribution in [1.29, 1.82) is 0 Å². The SMILES string of the molecule is CC(C)(C)c1ccc(NS(=O)(=O)CCc2ccccn2)c(Cl)c1. The monoisotopic (exact) mass is 352 g/mol. The van der Waals surface area contributed by atoms with Gasteiger partial charge in [-0.3, -0.25) is 9.71 Å². The first kappa shape index (κ1) is 17.8. The lowest BCUT2D eigenvalue weighted by Crippen LogP contribution is -2.19. The van der Waals surface area contributed by atoms with Crippen molar-refractivity contribution in [2.75, 3.05) is 10.5 Å². The molecule has 0 unspecified atom stereocenters. The number of sulfonamides is 1. The van der Waals surface area contributed by atoms with Gasteiger partial charge in [-0.2, -0.15) is 0 Å². The van der Waals surface area contributed by atoms with Gasteiger partial charge in [0.25, 0.3) is 0 Å². The maximum Gasteiger partial charge on any atom is 0.233 e. The van der Waals surface area contributed by atoms with Crippen LogP contribution in [0, 0.1) is 0 Å². The molecule has 0 amide bonds. The van der Waals surface area contributed by atoms with E-state index in [0.717, 1.165) is 11.3 Å². The summed E-state index contributed by atoms with van der Waals surface area (Å²) in [4.78, 5) is 4.13. The lowest BCUT2D eigenvalue weighted by molar-refractivity contribution is 0.590. The minimum absolute atomic E-state index is 0.0403. The molecule has 2 aromatic rings. The van der Waals surface area contributed by atoms with Crippen LogP contribution in [0.4, 0.5) is 5.69 Å². The number of anilines is 1. The van der Waals surface area contributed by atoms with E-state index in [2.05, 4.69) is 30.5 Å². The molecule has 23 heavy (non-hydrogen) atoms. The molecule has 0 radical (unpaired) electrons. The number of aryl methyl sites for hydroxylation is 1.